The Labute approximate surface area is 97.7 Å². The molecule has 0 bridgehead atoms. The zero-order chi connectivity index (χ0) is 12.6. The quantitative estimate of drug-likeness (QED) is 0.791. The first-order valence-corrected chi connectivity index (χ1v) is 5.25. The second-order valence-corrected chi connectivity index (χ2v) is 4.14. The van der Waals surface area contributed by atoms with E-state index in [-0.39, 0.29) is 18.3 Å². The molecular formula is C12H12FNO3. The molecule has 1 heterocycles. The van der Waals surface area contributed by atoms with Crippen LogP contribution in [0.2, 0.25) is 0 Å². The van der Waals surface area contributed by atoms with E-state index in [0.29, 0.717) is 0 Å². The lowest BCUT2D eigenvalue weighted by Crippen LogP contribution is -2.27. The largest absolute Gasteiger partial charge is 0.481 e. The highest BCUT2D eigenvalue weighted by molar-refractivity contribution is 5.98. The fourth-order valence-electron chi connectivity index (χ4n) is 2.13. The Morgan fingerprint density at radius 1 is 1.41 bits per heavy atom. The van der Waals surface area contributed by atoms with E-state index in [4.69, 9.17) is 5.11 Å². The van der Waals surface area contributed by atoms with Crippen LogP contribution in [0.1, 0.15) is 18.0 Å². The number of carboxylic acids is 1. The number of aliphatic carboxylic acids is 1. The van der Waals surface area contributed by atoms with Crippen LogP contribution in [0.5, 0.6) is 0 Å². The van der Waals surface area contributed by atoms with Crippen molar-refractivity contribution in [1.29, 1.82) is 0 Å². The van der Waals surface area contributed by atoms with E-state index in [9.17, 15) is 14.0 Å². The van der Waals surface area contributed by atoms with Gasteiger partial charge < -0.3 is 10.0 Å². The lowest BCUT2D eigenvalue weighted by Gasteiger charge is -2.19. The summed E-state index contributed by atoms with van der Waals surface area (Å²) < 4.78 is 12.8. The molecule has 1 saturated heterocycles. The average Bonchev–Trinajstić information content (AvgIpc) is 2.58. The van der Waals surface area contributed by atoms with Crippen LogP contribution in [0.3, 0.4) is 0 Å². The third kappa shape index (κ3) is 2.00. The number of carbonyl (C=O) groups is 2. The van der Waals surface area contributed by atoms with Crippen molar-refractivity contribution in [2.45, 2.75) is 12.5 Å². The molecule has 0 aromatic heterocycles. The Balaban J connectivity index is 2.26. The van der Waals surface area contributed by atoms with Gasteiger partial charge in [-0.15, -0.1) is 0 Å². The highest BCUT2D eigenvalue weighted by atomic mass is 19.1. The third-order valence-corrected chi connectivity index (χ3v) is 3.13. The number of carboxylic acid groups (broad SMARTS) is 1. The zero-order valence-corrected chi connectivity index (χ0v) is 9.26. The molecule has 1 aromatic carbocycles. The van der Waals surface area contributed by atoms with Gasteiger partial charge in [-0.05, 0) is 24.1 Å². The summed E-state index contributed by atoms with van der Waals surface area (Å²) in [7, 11) is 1.57. The lowest BCUT2D eigenvalue weighted by molar-refractivity contribution is -0.147. The number of carbonyl (C=O) groups excluding carboxylic acids is 1. The fraction of sp³-hybridized carbons (Fsp3) is 0.333. The van der Waals surface area contributed by atoms with Gasteiger partial charge in [-0.1, -0.05) is 12.1 Å². The fourth-order valence-corrected chi connectivity index (χ4v) is 2.13. The third-order valence-electron chi connectivity index (χ3n) is 3.13. The van der Waals surface area contributed by atoms with Crippen LogP contribution in [0, 0.1) is 11.7 Å². The van der Waals surface area contributed by atoms with E-state index in [0.717, 1.165) is 5.56 Å². The predicted octanol–water partition coefficient (Wildman–Crippen LogP) is 1.43. The van der Waals surface area contributed by atoms with Gasteiger partial charge in [0.05, 0.1) is 6.04 Å². The molecule has 1 aliphatic heterocycles. The first-order valence-electron chi connectivity index (χ1n) is 5.25. The van der Waals surface area contributed by atoms with Gasteiger partial charge >= 0.3 is 5.97 Å². The molecule has 2 rings (SSSR count). The molecule has 0 saturated carbocycles. The Bertz CT molecular complexity index is 457. The Morgan fingerprint density at radius 2 is 2.00 bits per heavy atom. The topological polar surface area (TPSA) is 57.6 Å². The molecule has 1 aliphatic rings. The maximum absolute atomic E-state index is 12.8. The van der Waals surface area contributed by atoms with Crippen molar-refractivity contribution >= 4 is 11.9 Å². The summed E-state index contributed by atoms with van der Waals surface area (Å²) in [5.74, 6) is -2.84. The van der Waals surface area contributed by atoms with Gasteiger partial charge in [0.15, 0.2) is 0 Å². The molecule has 0 aliphatic carbocycles. The molecule has 5 heteroatoms. The molecule has 2 atom stereocenters. The minimum atomic E-state index is -1.11. The van der Waals surface area contributed by atoms with Gasteiger partial charge in [0.1, 0.15) is 11.7 Å². The molecule has 4 nitrogen and oxygen atoms in total. The summed E-state index contributed by atoms with van der Waals surface area (Å²) in [6, 6.07) is 5.48. The van der Waals surface area contributed by atoms with Crippen LogP contribution in [-0.4, -0.2) is 28.9 Å². The van der Waals surface area contributed by atoms with Gasteiger partial charge in [0.25, 0.3) is 0 Å². The molecular weight excluding hydrogens is 225 g/mol. The standard InChI is InChI=1S/C12H12FNO3/c1-14-10(6-9(11(14)15)12(16)17)7-2-4-8(13)5-3-7/h2-5,9-10H,6H2,1H3,(H,16,17). The maximum atomic E-state index is 12.8. The van der Waals surface area contributed by atoms with Crippen LogP contribution >= 0.6 is 0 Å². The zero-order valence-electron chi connectivity index (χ0n) is 9.26. The Kier molecular flexibility index (Phi) is 2.83. The second-order valence-electron chi connectivity index (χ2n) is 4.14. The summed E-state index contributed by atoms with van der Waals surface area (Å²) in [4.78, 5) is 24.0. The van der Waals surface area contributed by atoms with E-state index in [1.165, 1.54) is 17.0 Å². The second kappa shape index (κ2) is 4.16. The van der Waals surface area contributed by atoms with Crippen molar-refractivity contribution in [2.24, 2.45) is 5.92 Å². The van der Waals surface area contributed by atoms with E-state index in [2.05, 4.69) is 0 Å². The smallest absolute Gasteiger partial charge is 0.316 e. The van der Waals surface area contributed by atoms with Crippen LogP contribution in [0.25, 0.3) is 0 Å². The number of amides is 1. The molecule has 2 unspecified atom stereocenters. The van der Waals surface area contributed by atoms with Crippen molar-refractivity contribution in [3.8, 4) is 0 Å². The first kappa shape index (κ1) is 11.6. The van der Waals surface area contributed by atoms with Crippen LogP contribution in [0.4, 0.5) is 4.39 Å². The number of hydrogen-bond donors (Lipinski definition) is 1. The van der Waals surface area contributed by atoms with Gasteiger partial charge in [-0.2, -0.15) is 0 Å². The Hall–Kier alpha value is -1.91. The predicted molar refractivity (Wildman–Crippen MR) is 57.7 cm³/mol. The van der Waals surface area contributed by atoms with Gasteiger partial charge in [-0.3, -0.25) is 9.59 Å². The molecule has 1 N–H and O–H groups in total. The van der Waals surface area contributed by atoms with Gasteiger partial charge in [0.2, 0.25) is 5.91 Å². The van der Waals surface area contributed by atoms with Crippen molar-refractivity contribution in [3.63, 3.8) is 0 Å². The summed E-state index contributed by atoms with van der Waals surface area (Å²) in [6.07, 6.45) is 0.232. The monoisotopic (exact) mass is 237 g/mol. The van der Waals surface area contributed by atoms with Crippen molar-refractivity contribution < 1.29 is 19.1 Å². The highest BCUT2D eigenvalue weighted by Crippen LogP contribution is 2.35. The lowest BCUT2D eigenvalue weighted by atomic mass is 10.00. The van der Waals surface area contributed by atoms with Crippen LogP contribution in [-0.2, 0) is 9.59 Å². The minimum Gasteiger partial charge on any atom is -0.481 e. The van der Waals surface area contributed by atoms with Crippen LogP contribution < -0.4 is 0 Å². The SMILES string of the molecule is CN1C(=O)C(C(=O)O)CC1c1ccc(F)cc1. The summed E-state index contributed by atoms with van der Waals surface area (Å²) in [5.41, 5.74) is 0.756. The van der Waals surface area contributed by atoms with E-state index in [1.807, 2.05) is 0 Å². The minimum absolute atomic E-state index is 0.232. The number of nitrogens with zero attached hydrogens (tertiary/aromatic N) is 1. The molecule has 1 aromatic rings. The number of likely N-dealkylation sites (tertiary alicyclic amines) is 1. The van der Waals surface area contributed by atoms with E-state index in [1.54, 1.807) is 19.2 Å². The molecule has 90 valence electrons. The molecule has 1 fully saturated rings. The normalized spacial score (nSPS) is 24.1. The van der Waals surface area contributed by atoms with E-state index < -0.39 is 17.8 Å². The number of benzene rings is 1. The van der Waals surface area contributed by atoms with Gasteiger partial charge in [0, 0.05) is 7.05 Å². The number of rotatable bonds is 2. The summed E-state index contributed by atoms with van der Waals surface area (Å²) in [5, 5.41) is 8.90. The highest BCUT2D eigenvalue weighted by Gasteiger charge is 2.42. The van der Waals surface area contributed by atoms with Crippen molar-refractivity contribution in [3.05, 3.63) is 35.6 Å². The molecule has 0 radical (unpaired) electrons. The van der Waals surface area contributed by atoms with Crippen molar-refractivity contribution in [2.75, 3.05) is 7.05 Å². The molecule has 1 amide bonds. The maximum Gasteiger partial charge on any atom is 0.316 e. The number of halogens is 1. The summed E-state index contributed by atoms with van der Waals surface area (Å²) >= 11 is 0. The number of hydrogen-bond acceptors (Lipinski definition) is 2. The van der Waals surface area contributed by atoms with Crippen LogP contribution in [0.15, 0.2) is 24.3 Å². The van der Waals surface area contributed by atoms with Crippen molar-refractivity contribution in [1.82, 2.24) is 4.90 Å². The first-order chi connectivity index (χ1) is 8.00. The van der Waals surface area contributed by atoms with E-state index >= 15 is 0 Å². The summed E-state index contributed by atoms with van der Waals surface area (Å²) in [6.45, 7) is 0. The average molecular weight is 237 g/mol. The molecule has 17 heavy (non-hydrogen) atoms. The molecule has 0 spiro atoms. The Morgan fingerprint density at radius 3 is 2.47 bits per heavy atom. The van der Waals surface area contributed by atoms with Gasteiger partial charge in [-0.25, -0.2) is 4.39 Å².